The Balaban J connectivity index is 3.59. The van der Waals surface area contributed by atoms with E-state index in [0.717, 1.165) is 24.4 Å². The lowest BCUT2D eigenvalue weighted by molar-refractivity contribution is -0.310. The zero-order valence-electron chi connectivity index (χ0n) is 26.2. The molecule has 1 fully saturated rings. The van der Waals surface area contributed by atoms with Gasteiger partial charge in [0.15, 0.2) is 22.4 Å². The van der Waals surface area contributed by atoms with Gasteiger partial charge in [0, 0.05) is 19.4 Å². The lowest BCUT2D eigenvalue weighted by Crippen LogP contribution is -2.59. The zero-order chi connectivity index (χ0) is 28.8. The van der Waals surface area contributed by atoms with Gasteiger partial charge in [0.2, 0.25) is 0 Å². The zero-order valence-corrected chi connectivity index (χ0v) is 29.2. The quantitative estimate of drug-likeness (QED) is 0.104. The smallest absolute Gasteiger partial charge is 0.193 e. The number of allylic oxidation sites excluding steroid dienone is 1. The molecule has 0 unspecified atom stereocenters. The maximum absolute atomic E-state index is 11.6. The van der Waals surface area contributed by atoms with E-state index in [0.29, 0.717) is 19.4 Å². The second-order valence-electron chi connectivity index (χ2n) is 13.5. The van der Waals surface area contributed by atoms with Crippen molar-refractivity contribution in [2.75, 3.05) is 6.61 Å². The second-order valence-corrected chi connectivity index (χ2v) is 27.8. The minimum atomic E-state index is -2.10. The number of rotatable bonds is 12. The van der Waals surface area contributed by atoms with Gasteiger partial charge in [-0.1, -0.05) is 67.1 Å². The Morgan fingerprint density at radius 1 is 1.00 bits per heavy atom. The standard InChI is InChI=1S/C29H56O5Si3/c1-14-37(15-2,16-3)34-29(19-17-21-30,20-22-31-36(12,13)27(4,5)6)26-24-25(18-23-35(9,10)11)32-28(7,8)33-26/h17,19,21,25-26H,14-16,20,22,24H2,1-13H3/b19-17+/t25-,26-,29+/m1/s1. The Kier molecular flexibility index (Phi) is 12.3. The van der Waals surface area contributed by atoms with Crippen molar-refractivity contribution in [2.24, 2.45) is 0 Å². The summed E-state index contributed by atoms with van der Waals surface area (Å²) in [6, 6.07) is 3.02. The highest BCUT2D eigenvalue weighted by Crippen LogP contribution is 2.42. The summed E-state index contributed by atoms with van der Waals surface area (Å²) in [5.74, 6) is 2.61. The van der Waals surface area contributed by atoms with Crippen molar-refractivity contribution in [3.05, 3.63) is 12.2 Å². The molecule has 8 heteroatoms. The van der Waals surface area contributed by atoms with Crippen LogP contribution >= 0.6 is 0 Å². The van der Waals surface area contributed by atoms with Crippen LogP contribution in [0.15, 0.2) is 12.2 Å². The summed E-state index contributed by atoms with van der Waals surface area (Å²) in [5.41, 5.74) is 2.69. The fourth-order valence-corrected chi connectivity index (χ4v) is 9.12. The molecule has 1 aliphatic rings. The van der Waals surface area contributed by atoms with E-state index >= 15 is 0 Å². The third-order valence-corrected chi connectivity index (χ3v) is 18.1. The van der Waals surface area contributed by atoms with Gasteiger partial charge in [-0.2, -0.15) is 0 Å². The van der Waals surface area contributed by atoms with Gasteiger partial charge < -0.3 is 18.3 Å². The maximum Gasteiger partial charge on any atom is 0.193 e. The van der Waals surface area contributed by atoms with Crippen molar-refractivity contribution in [3.63, 3.8) is 0 Å². The Labute approximate surface area is 231 Å². The summed E-state index contributed by atoms with van der Waals surface area (Å²) in [6.07, 6.45) is 5.02. The molecule has 0 aromatic rings. The van der Waals surface area contributed by atoms with Crippen LogP contribution < -0.4 is 0 Å². The van der Waals surface area contributed by atoms with Crippen molar-refractivity contribution < 1.29 is 23.1 Å². The summed E-state index contributed by atoms with van der Waals surface area (Å²) in [7, 11) is -5.64. The van der Waals surface area contributed by atoms with Crippen molar-refractivity contribution >= 4 is 31.0 Å². The van der Waals surface area contributed by atoms with Crippen LogP contribution in [0.25, 0.3) is 0 Å². The van der Waals surface area contributed by atoms with Crippen molar-refractivity contribution in [1.29, 1.82) is 0 Å². The molecule has 0 N–H and O–H groups in total. The number of carbonyl (C=O) groups is 1. The van der Waals surface area contributed by atoms with E-state index in [1.165, 1.54) is 0 Å². The van der Waals surface area contributed by atoms with Gasteiger partial charge in [0.25, 0.3) is 0 Å². The molecular formula is C29H56O5Si3. The van der Waals surface area contributed by atoms with E-state index in [1.807, 2.05) is 19.9 Å². The topological polar surface area (TPSA) is 54.0 Å². The fourth-order valence-electron chi connectivity index (χ4n) is 4.44. The highest BCUT2D eigenvalue weighted by atomic mass is 28.4. The molecule has 0 amide bonds. The Bertz CT molecular complexity index is 817. The van der Waals surface area contributed by atoms with Crippen molar-refractivity contribution in [2.45, 2.75) is 148 Å². The molecule has 0 spiro atoms. The van der Waals surface area contributed by atoms with Gasteiger partial charge in [0.05, 0.1) is 6.10 Å². The molecule has 5 nitrogen and oxygen atoms in total. The molecule has 0 bridgehead atoms. The fraction of sp³-hybridized carbons (Fsp3) is 0.828. The van der Waals surface area contributed by atoms with E-state index in [1.54, 1.807) is 6.08 Å². The highest BCUT2D eigenvalue weighted by molar-refractivity contribution is 6.83. The molecule has 1 saturated heterocycles. The van der Waals surface area contributed by atoms with Crippen LogP contribution in [-0.4, -0.2) is 61.2 Å². The van der Waals surface area contributed by atoms with E-state index in [4.69, 9.17) is 18.3 Å². The molecule has 1 heterocycles. The van der Waals surface area contributed by atoms with E-state index < -0.39 is 36.1 Å². The van der Waals surface area contributed by atoms with Crippen molar-refractivity contribution in [1.82, 2.24) is 0 Å². The SMILES string of the molecule is CC[Si](CC)(CC)O[C@@](/C=C/C=O)(CCO[Si](C)(C)C(C)(C)C)[C@H]1C[C@@H](C#C[Si](C)(C)C)OC(C)(C)O1. The lowest BCUT2D eigenvalue weighted by Gasteiger charge is -2.50. The van der Waals surface area contributed by atoms with E-state index in [9.17, 15) is 4.79 Å². The molecule has 0 radical (unpaired) electrons. The number of hydrogen-bond donors (Lipinski definition) is 0. The average molecular weight is 569 g/mol. The molecule has 0 aromatic carbocycles. The lowest BCUT2D eigenvalue weighted by atomic mass is 9.87. The predicted octanol–water partition coefficient (Wildman–Crippen LogP) is 7.71. The molecule has 1 aliphatic heterocycles. The first kappa shape index (κ1) is 34.5. The van der Waals surface area contributed by atoms with Crippen LogP contribution in [0, 0.1) is 11.5 Å². The van der Waals surface area contributed by atoms with Crippen LogP contribution in [0.3, 0.4) is 0 Å². The predicted molar refractivity (Wildman–Crippen MR) is 164 cm³/mol. The monoisotopic (exact) mass is 568 g/mol. The first-order chi connectivity index (χ1) is 16.8. The largest absolute Gasteiger partial charge is 0.417 e. The van der Waals surface area contributed by atoms with Gasteiger partial charge in [-0.25, -0.2) is 0 Å². The van der Waals surface area contributed by atoms with Gasteiger partial charge in [0.1, 0.15) is 26.1 Å². The van der Waals surface area contributed by atoms with Gasteiger partial charge in [-0.05, 0) is 62.3 Å². The van der Waals surface area contributed by atoms with Crippen molar-refractivity contribution in [3.8, 4) is 11.5 Å². The van der Waals surface area contributed by atoms with E-state index in [2.05, 4.69) is 85.7 Å². The summed E-state index contributed by atoms with van der Waals surface area (Å²) in [5, 5.41) is 0.110. The number of ether oxygens (including phenoxy) is 2. The molecule has 1 rings (SSSR count). The van der Waals surface area contributed by atoms with Gasteiger partial charge in [-0.3, -0.25) is 4.79 Å². The first-order valence-electron chi connectivity index (χ1n) is 14.2. The normalized spacial score (nSPS) is 22.8. The highest BCUT2D eigenvalue weighted by Gasteiger charge is 2.50. The van der Waals surface area contributed by atoms with Crippen LogP contribution in [-0.2, 0) is 23.1 Å². The number of aldehydes is 1. The molecule has 3 atom stereocenters. The number of carbonyl (C=O) groups excluding carboxylic acids is 1. The average Bonchev–Trinajstić information content (AvgIpc) is 2.77. The van der Waals surface area contributed by atoms with Gasteiger partial charge in [-0.15, -0.1) is 5.54 Å². The van der Waals surface area contributed by atoms with Crippen LogP contribution in [0.1, 0.15) is 68.2 Å². The van der Waals surface area contributed by atoms with E-state index in [-0.39, 0.29) is 17.2 Å². The molecular weight excluding hydrogens is 513 g/mol. The molecule has 0 aromatic heterocycles. The first-order valence-corrected chi connectivity index (χ1v) is 23.1. The molecule has 37 heavy (non-hydrogen) atoms. The third-order valence-electron chi connectivity index (χ3n) is 7.99. The minimum Gasteiger partial charge on any atom is -0.417 e. The third kappa shape index (κ3) is 10.2. The Morgan fingerprint density at radius 3 is 2.03 bits per heavy atom. The second kappa shape index (κ2) is 13.2. The summed E-state index contributed by atoms with van der Waals surface area (Å²) >= 11 is 0. The molecule has 214 valence electrons. The summed E-state index contributed by atoms with van der Waals surface area (Å²) in [6.45, 7) is 29.2. The van der Waals surface area contributed by atoms with Crippen LogP contribution in [0.2, 0.25) is 55.9 Å². The van der Waals surface area contributed by atoms with Crippen LogP contribution in [0.4, 0.5) is 0 Å². The molecule has 0 aliphatic carbocycles. The Morgan fingerprint density at radius 2 is 1.57 bits per heavy atom. The Hall–Kier alpha value is -0.539. The summed E-state index contributed by atoms with van der Waals surface area (Å²) in [4.78, 5) is 11.6. The maximum atomic E-state index is 11.6. The van der Waals surface area contributed by atoms with Crippen LogP contribution in [0.5, 0.6) is 0 Å². The number of hydrogen-bond acceptors (Lipinski definition) is 5. The van der Waals surface area contributed by atoms with Gasteiger partial charge >= 0.3 is 0 Å². The summed E-state index contributed by atoms with van der Waals surface area (Å²) < 4.78 is 26.9. The minimum absolute atomic E-state index is 0.110. The molecule has 0 saturated carbocycles.